The van der Waals surface area contributed by atoms with Crippen LogP contribution in [0.3, 0.4) is 0 Å². The average Bonchev–Trinajstić information content (AvgIpc) is 2.50. The van der Waals surface area contributed by atoms with Gasteiger partial charge in [0.25, 0.3) is 0 Å². The van der Waals surface area contributed by atoms with Crippen LogP contribution in [-0.2, 0) is 20.7 Å². The minimum atomic E-state index is -1.13. The molecule has 0 aliphatic carbocycles. The van der Waals surface area contributed by atoms with E-state index in [-0.39, 0.29) is 12.2 Å². The number of nitrogens with one attached hydrogen (secondary N) is 1. The van der Waals surface area contributed by atoms with Crippen LogP contribution in [-0.4, -0.2) is 35.1 Å². The highest BCUT2D eigenvalue weighted by molar-refractivity contribution is 6.00. The van der Waals surface area contributed by atoms with E-state index in [1.165, 1.54) is 0 Å². The summed E-state index contributed by atoms with van der Waals surface area (Å²) < 4.78 is 10.6. The fourth-order valence-corrected chi connectivity index (χ4v) is 2.41. The molecule has 0 saturated carbocycles. The molecule has 1 atom stereocenters. The molecule has 150 valence electrons. The van der Waals surface area contributed by atoms with Gasteiger partial charge in [-0.15, -0.1) is 0 Å². The van der Waals surface area contributed by atoms with E-state index in [9.17, 15) is 14.4 Å². The summed E-state index contributed by atoms with van der Waals surface area (Å²) in [6, 6.07) is 6.10. The second-order valence-corrected chi connectivity index (χ2v) is 8.37. The van der Waals surface area contributed by atoms with Crippen LogP contribution in [0.4, 0.5) is 4.79 Å². The maximum Gasteiger partial charge on any atom is 0.408 e. The van der Waals surface area contributed by atoms with Gasteiger partial charge >= 0.3 is 12.1 Å². The maximum absolute atomic E-state index is 12.8. The summed E-state index contributed by atoms with van der Waals surface area (Å²) in [5, 5.41) is 2.48. The number of alkyl carbamates (subject to hydrolysis) is 1. The largest absolute Gasteiger partial charge is 0.458 e. The number of Topliss-reactive ketones (excluding diaryl/α,β-unsaturated/α-hetero) is 1. The molecule has 0 heterocycles. The number of amides is 1. The van der Waals surface area contributed by atoms with Gasteiger partial charge in [-0.1, -0.05) is 31.2 Å². The van der Waals surface area contributed by atoms with Crippen molar-refractivity contribution in [2.45, 2.75) is 78.6 Å². The fourth-order valence-electron chi connectivity index (χ4n) is 2.41. The Kier molecular flexibility index (Phi) is 7.57. The summed E-state index contributed by atoms with van der Waals surface area (Å²) in [4.78, 5) is 37.4. The van der Waals surface area contributed by atoms with E-state index in [0.29, 0.717) is 12.0 Å². The van der Waals surface area contributed by atoms with E-state index in [4.69, 9.17) is 9.47 Å². The third-order valence-corrected chi connectivity index (χ3v) is 3.47. The normalized spacial score (nSPS) is 12.9. The Labute approximate surface area is 161 Å². The standard InChI is InChI=1S/C21H31NO5/c1-8-14-11-9-10-12-15(14)17(23)13-16(18(24)26-20(2,3)4)22-19(25)27-21(5,6)7/h9-12,16H,8,13H2,1-7H3,(H,22,25)/t16-/m0/s1. The molecule has 1 aromatic rings. The van der Waals surface area contributed by atoms with Gasteiger partial charge in [-0.2, -0.15) is 0 Å². The zero-order chi connectivity index (χ0) is 20.8. The first-order chi connectivity index (χ1) is 12.3. The van der Waals surface area contributed by atoms with Crippen LogP contribution in [0.2, 0.25) is 0 Å². The van der Waals surface area contributed by atoms with Crippen LogP contribution in [0, 0.1) is 0 Å². The van der Waals surface area contributed by atoms with Crippen LogP contribution < -0.4 is 5.32 Å². The van der Waals surface area contributed by atoms with Crippen LogP contribution >= 0.6 is 0 Å². The summed E-state index contributed by atoms with van der Waals surface area (Å²) >= 11 is 0. The van der Waals surface area contributed by atoms with Gasteiger partial charge in [0.15, 0.2) is 5.78 Å². The molecule has 1 N–H and O–H groups in total. The molecule has 0 bridgehead atoms. The number of ether oxygens (including phenoxy) is 2. The molecule has 0 aliphatic rings. The van der Waals surface area contributed by atoms with Crippen molar-refractivity contribution in [1.29, 1.82) is 0 Å². The zero-order valence-corrected chi connectivity index (χ0v) is 17.3. The molecule has 0 fully saturated rings. The van der Waals surface area contributed by atoms with E-state index >= 15 is 0 Å². The zero-order valence-electron chi connectivity index (χ0n) is 17.3. The minimum Gasteiger partial charge on any atom is -0.458 e. The molecule has 6 nitrogen and oxygen atoms in total. The second kappa shape index (κ2) is 9.02. The predicted molar refractivity (Wildman–Crippen MR) is 104 cm³/mol. The molecule has 0 unspecified atom stereocenters. The Morgan fingerprint density at radius 1 is 0.963 bits per heavy atom. The smallest absolute Gasteiger partial charge is 0.408 e. The van der Waals surface area contributed by atoms with Gasteiger partial charge in [-0.25, -0.2) is 9.59 Å². The minimum absolute atomic E-state index is 0.203. The van der Waals surface area contributed by atoms with Crippen molar-refractivity contribution in [3.05, 3.63) is 35.4 Å². The van der Waals surface area contributed by atoms with Crippen LogP contribution in [0.25, 0.3) is 0 Å². The van der Waals surface area contributed by atoms with Gasteiger partial charge in [-0.05, 0) is 53.5 Å². The second-order valence-electron chi connectivity index (χ2n) is 8.37. The molecule has 0 radical (unpaired) electrons. The molecule has 0 aliphatic heterocycles. The maximum atomic E-state index is 12.8. The SMILES string of the molecule is CCc1ccccc1C(=O)C[C@H](NC(=O)OC(C)(C)C)C(=O)OC(C)(C)C. The number of esters is 1. The number of benzene rings is 1. The topological polar surface area (TPSA) is 81.7 Å². The van der Waals surface area contributed by atoms with Crippen molar-refractivity contribution in [3.8, 4) is 0 Å². The Bertz CT molecular complexity index is 683. The number of hydrogen-bond donors (Lipinski definition) is 1. The van der Waals surface area contributed by atoms with Crippen LogP contribution in [0.1, 0.15) is 70.8 Å². The first-order valence-electron chi connectivity index (χ1n) is 9.16. The highest BCUT2D eigenvalue weighted by atomic mass is 16.6. The molecular weight excluding hydrogens is 346 g/mol. The third-order valence-electron chi connectivity index (χ3n) is 3.47. The number of hydrogen-bond acceptors (Lipinski definition) is 5. The lowest BCUT2D eigenvalue weighted by molar-refractivity contribution is -0.157. The van der Waals surface area contributed by atoms with E-state index < -0.39 is 29.3 Å². The van der Waals surface area contributed by atoms with Gasteiger partial charge in [0.05, 0.1) is 0 Å². The molecule has 1 amide bonds. The van der Waals surface area contributed by atoms with E-state index in [0.717, 1.165) is 5.56 Å². The van der Waals surface area contributed by atoms with Crippen molar-refractivity contribution in [2.24, 2.45) is 0 Å². The van der Waals surface area contributed by atoms with Gasteiger partial charge in [0, 0.05) is 12.0 Å². The Balaban J connectivity index is 3.01. The van der Waals surface area contributed by atoms with Gasteiger partial charge in [0.2, 0.25) is 0 Å². The number of aryl methyl sites for hydroxylation is 1. The van der Waals surface area contributed by atoms with Gasteiger partial charge in [-0.3, -0.25) is 4.79 Å². The number of rotatable bonds is 6. The Morgan fingerprint density at radius 3 is 2.04 bits per heavy atom. The monoisotopic (exact) mass is 377 g/mol. The highest BCUT2D eigenvalue weighted by Gasteiger charge is 2.31. The molecule has 0 aromatic heterocycles. The quantitative estimate of drug-likeness (QED) is 0.597. The third kappa shape index (κ3) is 8.24. The predicted octanol–water partition coefficient (Wildman–Crippen LogP) is 4.06. The van der Waals surface area contributed by atoms with Crippen molar-refractivity contribution in [2.75, 3.05) is 0 Å². The van der Waals surface area contributed by atoms with E-state index in [1.54, 1.807) is 53.7 Å². The van der Waals surface area contributed by atoms with Crippen LogP contribution in [0.15, 0.2) is 24.3 Å². The van der Waals surface area contributed by atoms with Gasteiger partial charge < -0.3 is 14.8 Å². The summed E-state index contributed by atoms with van der Waals surface area (Å²) in [6.45, 7) is 12.3. The highest BCUT2D eigenvalue weighted by Crippen LogP contribution is 2.16. The Morgan fingerprint density at radius 2 is 1.52 bits per heavy atom. The van der Waals surface area contributed by atoms with Gasteiger partial charge in [0.1, 0.15) is 17.2 Å². The molecule has 1 aromatic carbocycles. The molecule has 27 heavy (non-hydrogen) atoms. The number of ketones is 1. The van der Waals surface area contributed by atoms with Crippen molar-refractivity contribution in [3.63, 3.8) is 0 Å². The first-order valence-corrected chi connectivity index (χ1v) is 9.16. The van der Waals surface area contributed by atoms with Crippen LogP contribution in [0.5, 0.6) is 0 Å². The molecule has 6 heteroatoms. The van der Waals surface area contributed by atoms with E-state index in [1.807, 2.05) is 19.1 Å². The lowest BCUT2D eigenvalue weighted by Crippen LogP contribution is -2.47. The van der Waals surface area contributed by atoms with Crippen molar-refractivity contribution >= 4 is 17.8 Å². The fraction of sp³-hybridized carbons (Fsp3) is 0.571. The van der Waals surface area contributed by atoms with Crippen molar-refractivity contribution in [1.82, 2.24) is 5.32 Å². The van der Waals surface area contributed by atoms with E-state index in [2.05, 4.69) is 5.32 Å². The Hall–Kier alpha value is -2.37. The summed E-state index contributed by atoms with van der Waals surface area (Å²) in [5.41, 5.74) is -0.0290. The molecule has 1 rings (SSSR count). The average molecular weight is 377 g/mol. The first kappa shape index (κ1) is 22.7. The number of carbonyl (C=O) groups is 3. The lowest BCUT2D eigenvalue weighted by Gasteiger charge is -2.26. The summed E-state index contributed by atoms with van der Waals surface area (Å²) in [7, 11) is 0. The number of carbonyl (C=O) groups excluding carboxylic acids is 3. The molecule has 0 saturated heterocycles. The lowest BCUT2D eigenvalue weighted by atomic mass is 9.97. The summed E-state index contributed by atoms with van der Waals surface area (Å²) in [6.07, 6.45) is -0.279. The summed E-state index contributed by atoms with van der Waals surface area (Å²) in [5.74, 6) is -0.907. The molecular formula is C21H31NO5. The van der Waals surface area contributed by atoms with Crippen molar-refractivity contribution < 1.29 is 23.9 Å². The molecule has 0 spiro atoms.